The van der Waals surface area contributed by atoms with Crippen LogP contribution in [0.25, 0.3) is 0 Å². The number of rotatable bonds is 6. The summed E-state index contributed by atoms with van der Waals surface area (Å²) < 4.78 is 16.6. The van der Waals surface area contributed by atoms with Gasteiger partial charge < -0.3 is 19.5 Å². The Morgan fingerprint density at radius 3 is 2.72 bits per heavy atom. The van der Waals surface area contributed by atoms with Crippen LogP contribution < -0.4 is 19.5 Å². The molecule has 25 heavy (non-hydrogen) atoms. The van der Waals surface area contributed by atoms with Gasteiger partial charge in [0.1, 0.15) is 5.75 Å². The third-order valence-electron chi connectivity index (χ3n) is 4.17. The van der Waals surface area contributed by atoms with Gasteiger partial charge in [-0.25, -0.2) is 0 Å². The lowest BCUT2D eigenvalue weighted by Gasteiger charge is -2.19. The second-order valence-electron chi connectivity index (χ2n) is 6.19. The summed E-state index contributed by atoms with van der Waals surface area (Å²) in [6.07, 6.45) is 0.0794. The van der Waals surface area contributed by atoms with Gasteiger partial charge in [0.25, 0.3) is 5.91 Å². The van der Waals surface area contributed by atoms with Crippen LogP contribution in [-0.4, -0.2) is 18.8 Å². The summed E-state index contributed by atoms with van der Waals surface area (Å²) in [4.78, 5) is 12.5. The molecule has 1 aliphatic rings. The third-order valence-corrected chi connectivity index (χ3v) is 4.17. The van der Waals surface area contributed by atoms with Crippen LogP contribution in [-0.2, 0) is 11.3 Å². The Hall–Kier alpha value is -2.69. The zero-order valence-electron chi connectivity index (χ0n) is 14.8. The van der Waals surface area contributed by atoms with Gasteiger partial charge >= 0.3 is 0 Å². The fourth-order valence-corrected chi connectivity index (χ4v) is 2.76. The Bertz CT molecular complexity index is 772. The van der Waals surface area contributed by atoms with E-state index in [-0.39, 0.29) is 12.7 Å². The molecule has 1 atom stereocenters. The van der Waals surface area contributed by atoms with Crippen molar-refractivity contribution in [2.24, 2.45) is 0 Å². The Kier molecular flexibility index (Phi) is 5.12. The van der Waals surface area contributed by atoms with Crippen molar-refractivity contribution < 1.29 is 19.0 Å². The van der Waals surface area contributed by atoms with E-state index < -0.39 is 6.10 Å². The van der Waals surface area contributed by atoms with E-state index in [0.29, 0.717) is 18.7 Å². The second-order valence-corrected chi connectivity index (χ2v) is 6.19. The molecule has 5 nitrogen and oxygen atoms in total. The number of benzene rings is 2. The van der Waals surface area contributed by atoms with Crippen LogP contribution in [0.4, 0.5) is 0 Å². The van der Waals surface area contributed by atoms with Crippen molar-refractivity contribution in [3.8, 4) is 17.2 Å². The minimum absolute atomic E-state index is 0.125. The van der Waals surface area contributed by atoms with Crippen LogP contribution >= 0.6 is 0 Å². The molecule has 132 valence electrons. The molecule has 3 rings (SSSR count). The van der Waals surface area contributed by atoms with E-state index in [2.05, 4.69) is 5.32 Å². The summed E-state index contributed by atoms with van der Waals surface area (Å²) >= 11 is 0. The van der Waals surface area contributed by atoms with Gasteiger partial charge in [-0.15, -0.1) is 0 Å². The molecule has 1 amide bonds. The Morgan fingerprint density at radius 1 is 1.16 bits per heavy atom. The predicted octanol–water partition coefficient (Wildman–Crippen LogP) is 3.51. The molecule has 0 aliphatic carbocycles. The molecule has 0 bridgehead atoms. The van der Waals surface area contributed by atoms with Crippen molar-refractivity contribution in [2.75, 3.05) is 6.79 Å². The highest BCUT2D eigenvalue weighted by Crippen LogP contribution is 2.32. The van der Waals surface area contributed by atoms with Crippen molar-refractivity contribution >= 4 is 5.91 Å². The summed E-state index contributed by atoms with van der Waals surface area (Å²) in [6.45, 7) is 6.62. The van der Waals surface area contributed by atoms with E-state index in [1.54, 1.807) is 0 Å². The van der Waals surface area contributed by atoms with Crippen molar-refractivity contribution in [2.45, 2.75) is 39.8 Å². The maximum atomic E-state index is 12.5. The first kappa shape index (κ1) is 17.1. The van der Waals surface area contributed by atoms with Crippen LogP contribution in [0.1, 0.15) is 30.0 Å². The van der Waals surface area contributed by atoms with E-state index in [0.717, 1.165) is 22.6 Å². The maximum Gasteiger partial charge on any atom is 0.261 e. The van der Waals surface area contributed by atoms with Crippen molar-refractivity contribution in [1.29, 1.82) is 0 Å². The molecule has 0 saturated heterocycles. The molecule has 0 aromatic heterocycles. The van der Waals surface area contributed by atoms with Gasteiger partial charge in [-0.05, 0) is 49.6 Å². The van der Waals surface area contributed by atoms with E-state index in [4.69, 9.17) is 14.2 Å². The first-order valence-corrected chi connectivity index (χ1v) is 8.47. The molecule has 1 aliphatic heterocycles. The lowest BCUT2D eigenvalue weighted by atomic mass is 10.1. The molecule has 5 heteroatoms. The molecule has 2 aromatic rings. The number of aryl methyl sites for hydroxylation is 2. The number of nitrogens with one attached hydrogen (secondary N) is 1. The topological polar surface area (TPSA) is 56.8 Å². The van der Waals surface area contributed by atoms with E-state index in [9.17, 15) is 4.79 Å². The fraction of sp³-hybridized carbons (Fsp3) is 0.350. The fourth-order valence-electron chi connectivity index (χ4n) is 2.76. The number of amides is 1. The van der Waals surface area contributed by atoms with Gasteiger partial charge in [0.2, 0.25) is 6.79 Å². The highest BCUT2D eigenvalue weighted by molar-refractivity contribution is 5.81. The highest BCUT2D eigenvalue weighted by Gasteiger charge is 2.19. The van der Waals surface area contributed by atoms with Crippen LogP contribution in [0.15, 0.2) is 36.4 Å². The zero-order chi connectivity index (χ0) is 17.8. The lowest BCUT2D eigenvalue weighted by Crippen LogP contribution is -2.37. The second kappa shape index (κ2) is 7.47. The van der Waals surface area contributed by atoms with Crippen LogP contribution in [0, 0.1) is 13.8 Å². The molecule has 1 heterocycles. The van der Waals surface area contributed by atoms with E-state index in [1.807, 2.05) is 57.2 Å². The number of carbonyl (C=O) groups is 1. The molecule has 1 N–H and O–H groups in total. The molecule has 2 aromatic carbocycles. The quantitative estimate of drug-likeness (QED) is 0.874. The summed E-state index contributed by atoms with van der Waals surface area (Å²) in [5, 5.41) is 2.93. The van der Waals surface area contributed by atoms with Crippen molar-refractivity contribution in [1.82, 2.24) is 5.32 Å². The maximum absolute atomic E-state index is 12.5. The minimum Gasteiger partial charge on any atom is -0.480 e. The molecule has 0 spiro atoms. The van der Waals surface area contributed by atoms with Gasteiger partial charge in [0, 0.05) is 6.54 Å². The van der Waals surface area contributed by atoms with Crippen LogP contribution in [0.3, 0.4) is 0 Å². The first-order chi connectivity index (χ1) is 12.1. The molecule has 0 fully saturated rings. The van der Waals surface area contributed by atoms with Crippen molar-refractivity contribution in [3.05, 3.63) is 53.1 Å². The molecule has 0 saturated carbocycles. The number of fused-ring (bicyclic) bond motifs is 1. The van der Waals surface area contributed by atoms with E-state index in [1.165, 1.54) is 5.56 Å². The van der Waals surface area contributed by atoms with Gasteiger partial charge in [0.15, 0.2) is 17.6 Å². The normalized spacial score (nSPS) is 13.4. The molecular formula is C20H23NO4. The number of ether oxygens (including phenoxy) is 3. The average Bonchev–Trinajstić information content (AvgIpc) is 3.07. The first-order valence-electron chi connectivity index (χ1n) is 8.47. The predicted molar refractivity (Wildman–Crippen MR) is 95.0 cm³/mol. The zero-order valence-corrected chi connectivity index (χ0v) is 14.8. The van der Waals surface area contributed by atoms with Gasteiger partial charge in [-0.2, -0.15) is 0 Å². The SMILES string of the molecule is CCC(Oc1ccc(C)cc1C)C(=O)NCc1ccc2c(c1)OCO2. The molecular weight excluding hydrogens is 318 g/mol. The summed E-state index contributed by atoms with van der Waals surface area (Å²) in [7, 11) is 0. The van der Waals surface area contributed by atoms with Crippen LogP contribution in [0.5, 0.6) is 17.2 Å². The largest absolute Gasteiger partial charge is 0.480 e. The van der Waals surface area contributed by atoms with E-state index >= 15 is 0 Å². The lowest BCUT2D eigenvalue weighted by molar-refractivity contribution is -0.128. The minimum atomic E-state index is -0.518. The number of carbonyl (C=O) groups excluding carboxylic acids is 1. The third kappa shape index (κ3) is 4.05. The Labute approximate surface area is 147 Å². The molecule has 1 unspecified atom stereocenters. The van der Waals surface area contributed by atoms with Crippen LogP contribution in [0.2, 0.25) is 0 Å². The highest BCUT2D eigenvalue weighted by atomic mass is 16.7. The number of hydrogen-bond donors (Lipinski definition) is 1. The standard InChI is InChI=1S/C20H23NO4/c1-4-16(25-17-7-5-13(2)9-14(17)3)20(22)21-11-15-6-8-18-19(10-15)24-12-23-18/h5-10,16H,4,11-12H2,1-3H3,(H,21,22). The van der Waals surface area contributed by atoms with Gasteiger partial charge in [0.05, 0.1) is 0 Å². The Balaban J connectivity index is 1.60. The number of hydrogen-bond acceptors (Lipinski definition) is 4. The summed E-state index contributed by atoms with van der Waals surface area (Å²) in [5.74, 6) is 2.07. The summed E-state index contributed by atoms with van der Waals surface area (Å²) in [5.41, 5.74) is 3.16. The summed E-state index contributed by atoms with van der Waals surface area (Å²) in [6, 6.07) is 11.6. The smallest absolute Gasteiger partial charge is 0.261 e. The van der Waals surface area contributed by atoms with Gasteiger partial charge in [-0.3, -0.25) is 4.79 Å². The molecule has 0 radical (unpaired) electrons. The average molecular weight is 341 g/mol. The monoisotopic (exact) mass is 341 g/mol. The van der Waals surface area contributed by atoms with Gasteiger partial charge in [-0.1, -0.05) is 30.7 Å². The van der Waals surface area contributed by atoms with Crippen molar-refractivity contribution in [3.63, 3.8) is 0 Å². The Morgan fingerprint density at radius 2 is 1.96 bits per heavy atom.